The van der Waals surface area contributed by atoms with Gasteiger partial charge in [0, 0.05) is 33.1 Å². The van der Waals surface area contributed by atoms with Crippen LogP contribution in [-0.2, 0) is 10.8 Å². The lowest BCUT2D eigenvalue weighted by Gasteiger charge is -2.49. The van der Waals surface area contributed by atoms with Crippen LogP contribution in [0.2, 0.25) is 0 Å². The van der Waals surface area contributed by atoms with Crippen molar-refractivity contribution >= 4 is 0 Å². The fourth-order valence-electron chi connectivity index (χ4n) is 4.95. The van der Waals surface area contributed by atoms with Gasteiger partial charge in [0.05, 0.1) is 0 Å². The molecule has 0 aliphatic rings. The molecule has 4 heteroatoms. The molecule has 0 atom stereocenters. The Bertz CT molecular complexity index is 1070. The Morgan fingerprint density at radius 3 is 0.750 bits per heavy atom. The maximum atomic E-state index is 11.0. The lowest BCUT2D eigenvalue weighted by Crippen LogP contribution is -2.47. The summed E-state index contributed by atoms with van der Waals surface area (Å²) in [4.78, 5) is 0. The van der Waals surface area contributed by atoms with E-state index in [1.165, 1.54) is 0 Å². The largest absolute Gasteiger partial charge is 0.508 e. The average Bonchev–Trinajstić information content (AvgIpc) is 2.79. The van der Waals surface area contributed by atoms with Gasteiger partial charge < -0.3 is 20.4 Å². The van der Waals surface area contributed by atoms with Gasteiger partial charge in [0.2, 0.25) is 0 Å². The Morgan fingerprint density at radius 2 is 0.562 bits per heavy atom. The molecular weight excluding hydrogens is 400 g/mol. The summed E-state index contributed by atoms with van der Waals surface area (Å²) in [5.74, 6) is 0.205. The fraction of sp³-hybridized carbons (Fsp3) is 0.143. The van der Waals surface area contributed by atoms with Crippen LogP contribution in [0.3, 0.4) is 0 Å². The molecule has 162 valence electrons. The molecular formula is C28H26O4. The molecule has 0 bridgehead atoms. The minimum Gasteiger partial charge on any atom is -0.508 e. The number of aromatic hydroxyl groups is 4. The molecule has 4 aromatic carbocycles. The van der Waals surface area contributed by atoms with Crippen molar-refractivity contribution in [2.45, 2.75) is 24.7 Å². The predicted octanol–water partition coefficient (Wildman–Crippen LogP) is 5.82. The minimum absolute atomic E-state index is 0.0512. The second kappa shape index (κ2) is 7.97. The first-order valence-corrected chi connectivity index (χ1v) is 10.5. The molecule has 4 N–H and O–H groups in total. The third kappa shape index (κ3) is 3.07. The summed E-state index contributed by atoms with van der Waals surface area (Å²) in [5, 5.41) is 43.9. The van der Waals surface area contributed by atoms with E-state index in [9.17, 15) is 20.4 Å². The SMILES string of the molecule is CC(c1ccccc1O)(c1ccccc1O)C(C)(c1ccccc1O)c1ccccc1O. The standard InChI is InChI=1S/C28H26O4/c1-27(19-11-3-7-15-23(19)29,20-12-4-8-16-24(20)30)28(2,21-13-5-9-17-25(21)31)22-14-6-10-18-26(22)32/h3-18,29-32H,1-2H3. The quantitative estimate of drug-likeness (QED) is 0.324. The lowest BCUT2D eigenvalue weighted by molar-refractivity contribution is 0.310. The van der Waals surface area contributed by atoms with Crippen LogP contribution >= 0.6 is 0 Å². The van der Waals surface area contributed by atoms with Crippen molar-refractivity contribution in [3.8, 4) is 23.0 Å². The van der Waals surface area contributed by atoms with Crippen molar-refractivity contribution in [3.63, 3.8) is 0 Å². The monoisotopic (exact) mass is 426 g/mol. The second-order valence-corrected chi connectivity index (χ2v) is 8.32. The average molecular weight is 427 g/mol. The van der Waals surface area contributed by atoms with E-state index in [0.29, 0.717) is 22.3 Å². The number of hydrogen-bond acceptors (Lipinski definition) is 4. The number of phenolic OH excluding ortho intramolecular Hbond substituents is 4. The Balaban J connectivity index is 2.22. The summed E-state index contributed by atoms with van der Waals surface area (Å²) >= 11 is 0. The third-order valence-corrected chi connectivity index (χ3v) is 6.77. The molecule has 4 rings (SSSR count). The van der Waals surface area contributed by atoms with Crippen molar-refractivity contribution < 1.29 is 20.4 Å². The van der Waals surface area contributed by atoms with Crippen molar-refractivity contribution in [2.24, 2.45) is 0 Å². The zero-order chi connectivity index (χ0) is 22.9. The van der Waals surface area contributed by atoms with Crippen LogP contribution in [0, 0.1) is 0 Å². The fourth-order valence-corrected chi connectivity index (χ4v) is 4.95. The van der Waals surface area contributed by atoms with Crippen LogP contribution in [0.15, 0.2) is 97.1 Å². The van der Waals surface area contributed by atoms with Gasteiger partial charge in [-0.25, -0.2) is 0 Å². The van der Waals surface area contributed by atoms with Gasteiger partial charge in [0.25, 0.3) is 0 Å². The van der Waals surface area contributed by atoms with Crippen LogP contribution in [-0.4, -0.2) is 20.4 Å². The molecule has 0 unspecified atom stereocenters. The highest BCUT2D eigenvalue weighted by molar-refractivity contribution is 5.63. The topological polar surface area (TPSA) is 80.9 Å². The van der Waals surface area contributed by atoms with E-state index in [4.69, 9.17) is 0 Å². The van der Waals surface area contributed by atoms with Gasteiger partial charge in [0.15, 0.2) is 0 Å². The predicted molar refractivity (Wildman–Crippen MR) is 125 cm³/mol. The van der Waals surface area contributed by atoms with Gasteiger partial charge in [-0.15, -0.1) is 0 Å². The normalized spacial score (nSPS) is 11.9. The number of hydrogen-bond donors (Lipinski definition) is 4. The highest BCUT2D eigenvalue weighted by atomic mass is 16.3. The highest BCUT2D eigenvalue weighted by Crippen LogP contribution is 2.58. The van der Waals surface area contributed by atoms with Crippen molar-refractivity contribution in [2.75, 3.05) is 0 Å². The van der Waals surface area contributed by atoms with E-state index >= 15 is 0 Å². The first kappa shape index (κ1) is 21.3. The van der Waals surface area contributed by atoms with Gasteiger partial charge in [-0.1, -0.05) is 72.8 Å². The molecule has 0 aliphatic heterocycles. The van der Waals surface area contributed by atoms with Gasteiger partial charge in [-0.3, -0.25) is 0 Å². The molecule has 32 heavy (non-hydrogen) atoms. The maximum absolute atomic E-state index is 11.0. The smallest absolute Gasteiger partial charge is 0.119 e. The molecule has 0 saturated heterocycles. The van der Waals surface area contributed by atoms with E-state index in [1.54, 1.807) is 72.8 Å². The van der Waals surface area contributed by atoms with Crippen LogP contribution in [0.1, 0.15) is 36.1 Å². The van der Waals surface area contributed by atoms with Gasteiger partial charge in [-0.05, 0) is 38.1 Å². The van der Waals surface area contributed by atoms with Gasteiger partial charge in [-0.2, -0.15) is 0 Å². The van der Waals surface area contributed by atoms with Gasteiger partial charge >= 0.3 is 0 Å². The number of para-hydroxylation sites is 4. The molecule has 0 heterocycles. The Labute approximate surface area is 187 Å². The Morgan fingerprint density at radius 1 is 0.375 bits per heavy atom. The zero-order valence-corrected chi connectivity index (χ0v) is 18.0. The third-order valence-electron chi connectivity index (χ3n) is 6.77. The summed E-state index contributed by atoms with van der Waals surface area (Å²) < 4.78 is 0. The molecule has 4 aromatic rings. The molecule has 0 radical (unpaired) electrons. The summed E-state index contributed by atoms with van der Waals surface area (Å²) in [5.41, 5.74) is -0.0140. The maximum Gasteiger partial charge on any atom is 0.119 e. The summed E-state index contributed by atoms with van der Waals surface area (Å²) in [7, 11) is 0. The first-order valence-electron chi connectivity index (χ1n) is 10.5. The van der Waals surface area contributed by atoms with Crippen LogP contribution in [0.5, 0.6) is 23.0 Å². The number of benzene rings is 4. The highest BCUT2D eigenvalue weighted by Gasteiger charge is 2.53. The Kier molecular flexibility index (Phi) is 5.31. The van der Waals surface area contributed by atoms with Crippen molar-refractivity contribution in [3.05, 3.63) is 119 Å². The van der Waals surface area contributed by atoms with Crippen LogP contribution in [0.4, 0.5) is 0 Å². The van der Waals surface area contributed by atoms with Crippen LogP contribution in [0.25, 0.3) is 0 Å². The number of rotatable bonds is 5. The van der Waals surface area contributed by atoms with Crippen molar-refractivity contribution in [1.82, 2.24) is 0 Å². The molecule has 4 nitrogen and oxygen atoms in total. The summed E-state index contributed by atoms with van der Waals surface area (Å²) in [6, 6.07) is 27.9. The van der Waals surface area contributed by atoms with E-state index in [0.717, 1.165) is 0 Å². The van der Waals surface area contributed by atoms with Crippen LogP contribution < -0.4 is 0 Å². The molecule has 0 fully saturated rings. The summed E-state index contributed by atoms with van der Waals surface area (Å²) in [6.07, 6.45) is 0. The number of phenols is 4. The van der Waals surface area contributed by atoms with E-state index in [2.05, 4.69) is 0 Å². The van der Waals surface area contributed by atoms with Crippen molar-refractivity contribution in [1.29, 1.82) is 0 Å². The lowest BCUT2D eigenvalue weighted by atomic mass is 9.52. The molecule has 0 saturated carbocycles. The van der Waals surface area contributed by atoms with Gasteiger partial charge in [0.1, 0.15) is 23.0 Å². The second-order valence-electron chi connectivity index (χ2n) is 8.32. The first-order chi connectivity index (χ1) is 15.3. The van der Waals surface area contributed by atoms with E-state index in [1.807, 2.05) is 38.1 Å². The minimum atomic E-state index is -1.11. The van der Waals surface area contributed by atoms with E-state index in [-0.39, 0.29) is 23.0 Å². The summed E-state index contributed by atoms with van der Waals surface area (Å²) in [6.45, 7) is 3.83. The molecule has 0 aliphatic carbocycles. The molecule has 0 aromatic heterocycles. The van der Waals surface area contributed by atoms with E-state index < -0.39 is 10.8 Å². The molecule has 0 spiro atoms. The molecule has 0 amide bonds. The zero-order valence-electron chi connectivity index (χ0n) is 18.0. The Hall–Kier alpha value is -3.92.